The van der Waals surface area contributed by atoms with Crippen molar-refractivity contribution in [1.29, 1.82) is 10.5 Å². The third-order valence-electron chi connectivity index (χ3n) is 4.70. The molecule has 0 saturated heterocycles. The molecular weight excluding hydrogens is 401 g/mol. The van der Waals surface area contributed by atoms with Gasteiger partial charge in [-0.25, -0.2) is 4.90 Å². The molecule has 2 aromatic rings. The molecule has 0 fully saturated rings. The maximum atomic E-state index is 13.4. The lowest BCUT2D eigenvalue weighted by atomic mass is 10.0. The summed E-state index contributed by atoms with van der Waals surface area (Å²) in [4.78, 5) is 16.5. The zero-order valence-corrected chi connectivity index (χ0v) is 16.0. The largest absolute Gasteiger partial charge is 0.491 e. The molecule has 0 saturated carbocycles. The SMILES string of the molecule is CN1CCCc2cc(N=Nc3nc(C#N)c(C#N)n3C)c(N(C=O)C(F)(F)F)cc21. The van der Waals surface area contributed by atoms with E-state index in [4.69, 9.17) is 10.5 Å². The number of carbonyl (C=O) groups excluding carboxylic acids is 1. The number of aryl methyl sites for hydroxylation is 1. The predicted octanol–water partition coefficient (Wildman–Crippen LogP) is 3.44. The fourth-order valence-electron chi connectivity index (χ4n) is 3.20. The normalized spacial score (nSPS) is 13.6. The van der Waals surface area contributed by atoms with Crippen LogP contribution in [0.1, 0.15) is 23.4 Å². The van der Waals surface area contributed by atoms with Gasteiger partial charge in [-0.05, 0) is 30.5 Å². The Morgan fingerprint density at radius 2 is 1.97 bits per heavy atom. The van der Waals surface area contributed by atoms with E-state index in [0.717, 1.165) is 12.0 Å². The van der Waals surface area contributed by atoms with Gasteiger partial charge >= 0.3 is 6.30 Å². The van der Waals surface area contributed by atoms with Crippen molar-refractivity contribution in [2.45, 2.75) is 19.1 Å². The van der Waals surface area contributed by atoms with Crippen molar-refractivity contribution in [3.8, 4) is 12.1 Å². The van der Waals surface area contributed by atoms with Crippen molar-refractivity contribution in [2.75, 3.05) is 23.4 Å². The first kappa shape index (κ1) is 20.8. The van der Waals surface area contributed by atoms with Gasteiger partial charge in [0.25, 0.3) is 5.95 Å². The summed E-state index contributed by atoms with van der Waals surface area (Å²) < 4.78 is 41.4. The van der Waals surface area contributed by atoms with Crippen LogP contribution in [-0.2, 0) is 18.3 Å². The molecule has 0 unspecified atom stereocenters. The highest BCUT2D eigenvalue weighted by Gasteiger charge is 2.39. The molecule has 0 N–H and O–H groups in total. The number of carbonyl (C=O) groups is 1. The molecule has 0 atom stereocenters. The van der Waals surface area contributed by atoms with Gasteiger partial charge in [0.2, 0.25) is 6.41 Å². The maximum Gasteiger partial charge on any atom is 0.491 e. The maximum absolute atomic E-state index is 13.4. The summed E-state index contributed by atoms with van der Waals surface area (Å²) in [6.45, 7) is 0.668. The number of nitrogens with zero attached hydrogens (tertiary/aromatic N) is 8. The summed E-state index contributed by atoms with van der Waals surface area (Å²) in [6, 6.07) is 6.25. The van der Waals surface area contributed by atoms with Crippen molar-refractivity contribution in [3.05, 3.63) is 29.1 Å². The van der Waals surface area contributed by atoms with Crippen LogP contribution in [0.4, 0.5) is 36.2 Å². The van der Waals surface area contributed by atoms with Crippen LogP contribution < -0.4 is 9.80 Å². The van der Waals surface area contributed by atoms with Gasteiger partial charge in [-0.15, -0.1) is 23.4 Å². The standard InChI is InChI=1S/C18H15F3N8O/c1-27-5-3-4-11-6-12(15(7-14(11)27)29(10-30)18(19,20)21)25-26-17-24-13(8-22)16(9-23)28(17)2/h6-7,10H,3-5H2,1-2H3. The molecule has 1 aliphatic rings. The smallest absolute Gasteiger partial charge is 0.374 e. The third kappa shape index (κ3) is 3.67. The Kier molecular flexibility index (Phi) is 5.43. The second kappa shape index (κ2) is 7.83. The number of hydrogen-bond acceptors (Lipinski definition) is 7. The van der Waals surface area contributed by atoms with E-state index in [0.29, 0.717) is 18.7 Å². The molecule has 0 radical (unpaired) electrons. The highest BCUT2D eigenvalue weighted by Crippen LogP contribution is 2.41. The quantitative estimate of drug-likeness (QED) is 0.430. The number of halogens is 3. The highest BCUT2D eigenvalue weighted by molar-refractivity contribution is 5.86. The van der Waals surface area contributed by atoms with Crippen molar-refractivity contribution in [1.82, 2.24) is 9.55 Å². The van der Waals surface area contributed by atoms with E-state index in [1.165, 1.54) is 23.7 Å². The van der Waals surface area contributed by atoms with Crippen molar-refractivity contribution in [3.63, 3.8) is 0 Å². The molecule has 154 valence electrons. The Hall–Kier alpha value is -3.93. The van der Waals surface area contributed by atoms with Gasteiger partial charge in [-0.3, -0.25) is 4.79 Å². The molecule has 1 amide bonds. The minimum atomic E-state index is -4.96. The summed E-state index contributed by atoms with van der Waals surface area (Å²) in [7, 11) is 3.18. The first-order chi connectivity index (χ1) is 14.2. The molecule has 9 nitrogen and oxygen atoms in total. The summed E-state index contributed by atoms with van der Waals surface area (Å²) in [5.41, 5.74) is 0.443. The number of nitriles is 2. The van der Waals surface area contributed by atoms with Crippen LogP contribution in [0.3, 0.4) is 0 Å². The number of anilines is 2. The fraction of sp³-hybridized carbons (Fsp3) is 0.333. The Labute approximate surface area is 169 Å². The van der Waals surface area contributed by atoms with Gasteiger partial charge in [0, 0.05) is 26.3 Å². The van der Waals surface area contributed by atoms with E-state index in [1.54, 1.807) is 24.1 Å². The molecule has 1 aliphatic heterocycles. The third-order valence-corrected chi connectivity index (χ3v) is 4.70. The molecule has 0 aliphatic carbocycles. The van der Waals surface area contributed by atoms with Crippen molar-refractivity contribution >= 4 is 29.4 Å². The zero-order chi connectivity index (χ0) is 22.1. The van der Waals surface area contributed by atoms with E-state index in [-0.39, 0.29) is 34.3 Å². The first-order valence-electron chi connectivity index (χ1n) is 8.69. The summed E-state index contributed by atoms with van der Waals surface area (Å²) >= 11 is 0. The molecule has 1 aromatic carbocycles. The molecule has 0 bridgehead atoms. The van der Waals surface area contributed by atoms with Crippen LogP contribution in [0.2, 0.25) is 0 Å². The number of rotatable bonds is 4. The van der Waals surface area contributed by atoms with Gasteiger partial charge in [0.05, 0.1) is 5.69 Å². The van der Waals surface area contributed by atoms with Gasteiger partial charge in [-0.2, -0.15) is 15.5 Å². The molecule has 3 rings (SSSR count). The second-order valence-electron chi connectivity index (χ2n) is 6.53. The molecule has 2 heterocycles. The minimum absolute atomic E-state index is 0.0523. The lowest BCUT2D eigenvalue weighted by Gasteiger charge is -2.30. The Bertz CT molecular complexity index is 1110. The van der Waals surface area contributed by atoms with Crippen molar-refractivity contribution in [2.24, 2.45) is 17.3 Å². The van der Waals surface area contributed by atoms with E-state index >= 15 is 0 Å². The van der Waals surface area contributed by atoms with Gasteiger partial charge in [0.1, 0.15) is 17.8 Å². The molecule has 1 aromatic heterocycles. The average molecular weight is 416 g/mol. The van der Waals surface area contributed by atoms with E-state index in [2.05, 4.69) is 15.2 Å². The molecule has 30 heavy (non-hydrogen) atoms. The average Bonchev–Trinajstić information content (AvgIpc) is 3.01. The lowest BCUT2D eigenvalue weighted by molar-refractivity contribution is -0.141. The highest BCUT2D eigenvalue weighted by atomic mass is 19.4. The number of amides is 1. The van der Waals surface area contributed by atoms with Gasteiger partial charge in [-0.1, -0.05) is 0 Å². The van der Waals surface area contributed by atoms with Crippen LogP contribution in [0.5, 0.6) is 0 Å². The number of benzene rings is 1. The van der Waals surface area contributed by atoms with Crippen LogP contribution in [0.25, 0.3) is 0 Å². The van der Waals surface area contributed by atoms with Gasteiger partial charge in [0.15, 0.2) is 11.4 Å². The topological polar surface area (TPSA) is 114 Å². The Morgan fingerprint density at radius 3 is 2.53 bits per heavy atom. The minimum Gasteiger partial charge on any atom is -0.374 e. The number of aromatic nitrogens is 2. The zero-order valence-electron chi connectivity index (χ0n) is 16.0. The van der Waals surface area contributed by atoms with Crippen LogP contribution in [-0.4, -0.2) is 35.9 Å². The first-order valence-corrected chi connectivity index (χ1v) is 8.69. The number of hydrogen-bond donors (Lipinski definition) is 0. The lowest BCUT2D eigenvalue weighted by Crippen LogP contribution is -2.37. The molecule has 12 heteroatoms. The van der Waals surface area contributed by atoms with Crippen LogP contribution in [0, 0.1) is 22.7 Å². The van der Waals surface area contributed by atoms with Crippen LogP contribution in [0.15, 0.2) is 22.4 Å². The molecule has 0 spiro atoms. The van der Waals surface area contributed by atoms with Crippen LogP contribution >= 0.6 is 0 Å². The predicted molar refractivity (Wildman–Crippen MR) is 99.4 cm³/mol. The number of imidazole rings is 1. The number of alkyl halides is 3. The fourth-order valence-corrected chi connectivity index (χ4v) is 3.20. The second-order valence-corrected chi connectivity index (χ2v) is 6.53. The monoisotopic (exact) mass is 416 g/mol. The number of fused-ring (bicyclic) bond motifs is 1. The van der Waals surface area contributed by atoms with E-state index in [1.807, 2.05) is 0 Å². The Balaban J connectivity index is 2.15. The van der Waals surface area contributed by atoms with Crippen molar-refractivity contribution < 1.29 is 18.0 Å². The van der Waals surface area contributed by atoms with E-state index < -0.39 is 12.0 Å². The van der Waals surface area contributed by atoms with E-state index in [9.17, 15) is 18.0 Å². The van der Waals surface area contributed by atoms with Gasteiger partial charge < -0.3 is 9.47 Å². The summed E-state index contributed by atoms with van der Waals surface area (Å²) in [5, 5.41) is 25.9. The molecular formula is C18H15F3N8O. The summed E-state index contributed by atoms with van der Waals surface area (Å²) in [5.74, 6) is -0.131. The number of azo groups is 1. The summed E-state index contributed by atoms with van der Waals surface area (Å²) in [6.07, 6.45) is -3.84. The Morgan fingerprint density at radius 1 is 1.23 bits per heavy atom.